The standard InChI is InChI=1S/C9H11N3O9P/c1-5-6(10(13)14)4-7(11(15)16)9(8(5)12(17)18)22(19,20-2)21-3/h4,9H,1-3H3/q-1. The lowest BCUT2D eigenvalue weighted by Crippen LogP contribution is -2.35. The molecule has 0 amide bonds. The van der Waals surface area contributed by atoms with Crippen molar-refractivity contribution >= 4 is 7.60 Å². The number of nitrogens with zero attached hydrogens (tertiary/aromatic N) is 3. The van der Waals surface area contributed by atoms with Crippen molar-refractivity contribution in [3.05, 3.63) is 59.4 Å². The molecule has 0 heterocycles. The van der Waals surface area contributed by atoms with E-state index in [4.69, 9.17) is 0 Å². The van der Waals surface area contributed by atoms with Gasteiger partial charge in [0.05, 0.1) is 4.92 Å². The van der Waals surface area contributed by atoms with Crippen LogP contribution in [0, 0.1) is 36.4 Å². The van der Waals surface area contributed by atoms with Crippen LogP contribution in [0.4, 0.5) is 0 Å². The minimum absolute atomic E-state index is 0.458. The van der Waals surface area contributed by atoms with Crippen molar-refractivity contribution in [3.8, 4) is 0 Å². The fourth-order valence-electron chi connectivity index (χ4n) is 1.98. The SMILES string of the molecule is COP(=O)(OC)C1C([N+](=O)[O-])=C(C)C([N+](=O)[O-])=C[C-]1[N+](=O)[O-]. The van der Waals surface area contributed by atoms with Crippen LogP contribution in [0.25, 0.3) is 0 Å². The molecule has 13 heteroatoms. The van der Waals surface area contributed by atoms with E-state index < -0.39 is 51.0 Å². The van der Waals surface area contributed by atoms with E-state index in [0.717, 1.165) is 21.1 Å². The number of hydrogen-bond acceptors (Lipinski definition) is 9. The largest absolute Gasteiger partial charge is 0.337 e. The lowest BCUT2D eigenvalue weighted by molar-refractivity contribution is -0.478. The van der Waals surface area contributed by atoms with Crippen molar-refractivity contribution in [3.63, 3.8) is 0 Å². The Morgan fingerprint density at radius 1 is 1.14 bits per heavy atom. The van der Waals surface area contributed by atoms with E-state index in [1.165, 1.54) is 0 Å². The Hall–Kier alpha value is -2.30. The topological polar surface area (TPSA) is 165 Å². The summed E-state index contributed by atoms with van der Waals surface area (Å²) in [5.41, 5.74) is -4.22. The summed E-state index contributed by atoms with van der Waals surface area (Å²) in [5, 5.41) is 33.2. The van der Waals surface area contributed by atoms with E-state index in [1.807, 2.05) is 0 Å². The number of hydrogen-bond donors (Lipinski definition) is 0. The first-order valence-corrected chi connectivity index (χ1v) is 7.16. The van der Waals surface area contributed by atoms with Crippen molar-refractivity contribution in [2.24, 2.45) is 0 Å². The maximum absolute atomic E-state index is 12.5. The summed E-state index contributed by atoms with van der Waals surface area (Å²) in [6.45, 7) is 1.03. The lowest BCUT2D eigenvalue weighted by atomic mass is 9.97. The van der Waals surface area contributed by atoms with E-state index in [0.29, 0.717) is 6.08 Å². The minimum Gasteiger partial charge on any atom is -0.312 e. The zero-order chi connectivity index (χ0) is 17.2. The molecular formula is C9H11N3O9P-. The van der Waals surface area contributed by atoms with Crippen LogP contribution in [-0.4, -0.2) is 34.6 Å². The zero-order valence-corrected chi connectivity index (χ0v) is 12.5. The van der Waals surface area contributed by atoms with E-state index in [9.17, 15) is 34.9 Å². The summed E-state index contributed by atoms with van der Waals surface area (Å²) in [6, 6.07) is -1.00. The Morgan fingerprint density at radius 2 is 1.64 bits per heavy atom. The van der Waals surface area contributed by atoms with Gasteiger partial charge in [-0.15, -0.1) is 0 Å². The third kappa shape index (κ3) is 2.84. The highest BCUT2D eigenvalue weighted by Gasteiger charge is 2.52. The van der Waals surface area contributed by atoms with Gasteiger partial charge < -0.3 is 9.05 Å². The molecule has 0 saturated heterocycles. The Labute approximate surface area is 123 Å². The van der Waals surface area contributed by atoms with Gasteiger partial charge in [0.25, 0.3) is 0 Å². The molecule has 1 aliphatic carbocycles. The maximum atomic E-state index is 12.5. The average Bonchev–Trinajstić information content (AvgIpc) is 2.44. The van der Waals surface area contributed by atoms with Crippen LogP contribution in [0.15, 0.2) is 23.0 Å². The molecule has 0 aromatic carbocycles. The van der Waals surface area contributed by atoms with Gasteiger partial charge in [-0.2, -0.15) is 0 Å². The summed E-state index contributed by atoms with van der Waals surface area (Å²) in [6.07, 6.45) is 0.525. The maximum Gasteiger partial charge on any atom is 0.337 e. The Bertz CT molecular complexity index is 632. The van der Waals surface area contributed by atoms with Gasteiger partial charge in [-0.3, -0.25) is 34.9 Å². The van der Waals surface area contributed by atoms with Crippen LogP contribution in [0.3, 0.4) is 0 Å². The number of nitro groups is 3. The van der Waals surface area contributed by atoms with Crippen molar-refractivity contribution in [2.45, 2.75) is 12.6 Å². The average molecular weight is 336 g/mol. The molecule has 1 aliphatic rings. The normalized spacial score (nSPS) is 19.0. The van der Waals surface area contributed by atoms with Gasteiger partial charge in [-0.1, -0.05) is 6.08 Å². The molecule has 0 saturated carbocycles. The fourth-order valence-corrected chi connectivity index (χ4v) is 3.63. The number of rotatable bonds is 6. The summed E-state index contributed by atoms with van der Waals surface area (Å²) in [4.78, 5) is 30.1. The summed E-state index contributed by atoms with van der Waals surface area (Å²) < 4.78 is 21.7. The highest BCUT2D eigenvalue weighted by molar-refractivity contribution is 7.55. The van der Waals surface area contributed by atoms with Gasteiger partial charge in [0.2, 0.25) is 5.70 Å². The first-order chi connectivity index (χ1) is 10.1. The van der Waals surface area contributed by atoms with E-state index in [1.54, 1.807) is 0 Å². The summed E-state index contributed by atoms with van der Waals surface area (Å²) in [5.74, 6) is 0. The molecule has 22 heavy (non-hydrogen) atoms. The molecule has 0 bridgehead atoms. The van der Waals surface area contributed by atoms with Crippen molar-refractivity contribution in [2.75, 3.05) is 14.2 Å². The smallest absolute Gasteiger partial charge is 0.312 e. The van der Waals surface area contributed by atoms with Gasteiger partial charge >= 0.3 is 7.60 Å². The van der Waals surface area contributed by atoms with Crippen LogP contribution in [0.2, 0.25) is 0 Å². The summed E-state index contributed by atoms with van der Waals surface area (Å²) in [7, 11) is -2.51. The Kier molecular flexibility index (Phi) is 5.02. The second-order valence-electron chi connectivity index (χ2n) is 4.04. The molecule has 0 fully saturated rings. The molecule has 122 valence electrons. The van der Waals surface area contributed by atoms with Gasteiger partial charge in [0.1, 0.15) is 11.7 Å². The molecule has 0 spiro atoms. The van der Waals surface area contributed by atoms with Gasteiger partial charge in [0, 0.05) is 19.8 Å². The van der Waals surface area contributed by atoms with Gasteiger partial charge in [0.15, 0.2) is 5.66 Å². The lowest BCUT2D eigenvalue weighted by Gasteiger charge is -2.30. The second kappa shape index (κ2) is 6.22. The van der Waals surface area contributed by atoms with E-state index in [2.05, 4.69) is 9.05 Å². The van der Waals surface area contributed by atoms with Crippen LogP contribution in [0.5, 0.6) is 0 Å². The Morgan fingerprint density at radius 3 is 1.95 bits per heavy atom. The molecule has 1 atom stereocenters. The number of allylic oxidation sites excluding steroid dienone is 1. The molecule has 1 rings (SSSR count). The monoisotopic (exact) mass is 336 g/mol. The summed E-state index contributed by atoms with van der Waals surface area (Å²) >= 11 is 0. The van der Waals surface area contributed by atoms with Crippen LogP contribution in [0.1, 0.15) is 6.92 Å². The van der Waals surface area contributed by atoms with Crippen LogP contribution < -0.4 is 0 Å². The molecule has 0 aromatic rings. The highest BCUT2D eigenvalue weighted by atomic mass is 31.2. The fraction of sp³-hybridized carbons (Fsp3) is 0.444. The van der Waals surface area contributed by atoms with Gasteiger partial charge in [-0.25, -0.2) is 0 Å². The highest BCUT2D eigenvalue weighted by Crippen LogP contribution is 2.59. The molecule has 1 unspecified atom stereocenters. The van der Waals surface area contributed by atoms with Crippen LogP contribution in [-0.2, 0) is 13.6 Å². The first kappa shape index (κ1) is 17.8. The molecule has 12 nitrogen and oxygen atoms in total. The van der Waals surface area contributed by atoms with E-state index in [-0.39, 0.29) is 0 Å². The minimum atomic E-state index is -4.32. The molecule has 0 aromatic heterocycles. The molecule has 0 N–H and O–H groups in total. The quantitative estimate of drug-likeness (QED) is 0.301. The van der Waals surface area contributed by atoms with Crippen molar-refractivity contribution < 1.29 is 28.4 Å². The predicted octanol–water partition coefficient (Wildman–Crippen LogP) is 1.37. The van der Waals surface area contributed by atoms with Crippen molar-refractivity contribution in [1.82, 2.24) is 0 Å². The molecule has 0 radical (unpaired) electrons. The zero-order valence-electron chi connectivity index (χ0n) is 11.6. The second-order valence-corrected chi connectivity index (χ2v) is 6.37. The van der Waals surface area contributed by atoms with Crippen LogP contribution >= 0.6 is 7.60 Å². The first-order valence-electron chi connectivity index (χ1n) is 5.54. The third-order valence-corrected chi connectivity index (χ3v) is 5.18. The molecular weight excluding hydrogens is 325 g/mol. The van der Waals surface area contributed by atoms with Gasteiger partial charge in [-0.05, 0) is 16.8 Å². The van der Waals surface area contributed by atoms with E-state index >= 15 is 0 Å². The Balaban J connectivity index is 3.71. The van der Waals surface area contributed by atoms with Crippen molar-refractivity contribution in [1.29, 1.82) is 0 Å². The predicted molar refractivity (Wildman–Crippen MR) is 70.4 cm³/mol. The molecule has 0 aliphatic heterocycles. The third-order valence-electron chi connectivity index (χ3n) is 3.02.